The van der Waals surface area contributed by atoms with Crippen LogP contribution in [0.4, 0.5) is 14.6 Å². The van der Waals surface area contributed by atoms with Crippen molar-refractivity contribution in [1.29, 1.82) is 0 Å². The Morgan fingerprint density at radius 1 is 1.13 bits per heavy atom. The molecule has 3 N–H and O–H groups in total. The summed E-state index contributed by atoms with van der Waals surface area (Å²) in [6, 6.07) is 11.2. The summed E-state index contributed by atoms with van der Waals surface area (Å²) in [5.74, 6) is -1.99. The van der Waals surface area contributed by atoms with Crippen molar-refractivity contribution < 1.29 is 18.4 Å². The molecular weight excluding hydrogens is 403 g/mol. The second kappa shape index (κ2) is 8.06. The molecule has 4 rings (SSSR count). The van der Waals surface area contributed by atoms with Gasteiger partial charge in [-0.2, -0.15) is 0 Å². The fraction of sp³-hybridized carbons (Fsp3) is 0.0952. The predicted molar refractivity (Wildman–Crippen MR) is 112 cm³/mol. The number of pyridine rings is 1. The average Bonchev–Trinajstić information content (AvgIpc) is 3.06. The third-order valence-electron chi connectivity index (χ3n) is 4.84. The van der Waals surface area contributed by atoms with Gasteiger partial charge in [-0.3, -0.25) is 0 Å². The molecule has 2 heterocycles. The summed E-state index contributed by atoms with van der Waals surface area (Å²) in [7, 11) is 1.53. The van der Waals surface area contributed by atoms with Crippen LogP contribution >= 0.6 is 0 Å². The number of amides is 2. The van der Waals surface area contributed by atoms with Crippen LogP contribution in [-0.4, -0.2) is 33.4 Å². The van der Waals surface area contributed by atoms with E-state index in [0.717, 1.165) is 11.6 Å². The van der Waals surface area contributed by atoms with Crippen molar-refractivity contribution in [3.8, 4) is 0 Å². The van der Waals surface area contributed by atoms with Crippen molar-refractivity contribution in [2.75, 3.05) is 5.32 Å². The third kappa shape index (κ3) is 4.18. The second-order valence-electron chi connectivity index (χ2n) is 6.97. The number of carbonyl (C=O) groups excluding carboxylic acids is 2. The van der Waals surface area contributed by atoms with Crippen molar-refractivity contribution in [2.24, 2.45) is 5.73 Å². The van der Waals surface area contributed by atoms with Crippen LogP contribution < -0.4 is 11.1 Å². The Morgan fingerprint density at radius 2 is 1.90 bits per heavy atom. The van der Waals surface area contributed by atoms with E-state index in [4.69, 9.17) is 5.73 Å². The monoisotopic (exact) mass is 419 g/mol. The number of aromatic nitrogens is 3. The molecule has 0 saturated heterocycles. The van der Waals surface area contributed by atoms with Gasteiger partial charge in [-0.05, 0) is 0 Å². The molecule has 0 atom stereocenters. The van der Waals surface area contributed by atoms with Crippen LogP contribution in [0, 0.1) is 18.6 Å². The number of carbonyl (C=O) groups is 2. The minimum absolute atomic E-state index is 0.109. The first-order valence-corrected chi connectivity index (χ1v) is 9.29. The van der Waals surface area contributed by atoms with Crippen molar-refractivity contribution in [3.05, 3.63) is 82.7 Å². The Bertz CT molecular complexity index is 1340. The van der Waals surface area contributed by atoms with E-state index in [-0.39, 0.29) is 22.6 Å². The number of primary amides is 1. The van der Waals surface area contributed by atoms with E-state index in [0.29, 0.717) is 23.4 Å². The van der Waals surface area contributed by atoms with Gasteiger partial charge in [0.05, 0.1) is 0 Å². The Morgan fingerprint density at radius 3 is 2.65 bits per heavy atom. The van der Waals surface area contributed by atoms with Gasteiger partial charge in [0, 0.05) is 0 Å². The Kier molecular flexibility index (Phi) is 5.28. The maximum absolute atomic E-state index is 13.6. The van der Waals surface area contributed by atoms with Crippen LogP contribution in [0.15, 0.2) is 48.5 Å². The summed E-state index contributed by atoms with van der Waals surface area (Å²) in [4.78, 5) is 32.8. The van der Waals surface area contributed by atoms with Crippen LogP contribution in [-0.2, 0) is 6.54 Å². The molecule has 0 aliphatic rings. The fourth-order valence-corrected chi connectivity index (χ4v) is 3.25. The third-order valence-corrected chi connectivity index (χ3v) is 4.84. The number of nitrogens with zero attached hydrogens (tertiary/aromatic N) is 3. The Balaban J connectivity index is 1.65. The van der Waals surface area contributed by atoms with Crippen LogP contribution in [0.1, 0.15) is 32.1 Å². The SMILES string of the molecule is Cc1c(NC(=O)c2cc(C(N)=O)nc3cc(F)ccc23)nbn1Cc1cccc(F)c1. The molecule has 154 valence electrons. The molecule has 4 aromatic rings. The molecule has 0 saturated carbocycles. The number of nitrogens with one attached hydrogen (secondary N) is 1. The normalized spacial score (nSPS) is 10.8. The van der Waals surface area contributed by atoms with E-state index in [2.05, 4.69) is 15.2 Å². The van der Waals surface area contributed by atoms with Gasteiger partial charge in [0.25, 0.3) is 0 Å². The number of hydrogen-bond acceptors (Lipinski definition) is 4. The number of hydrogen-bond donors (Lipinski definition) is 2. The fourth-order valence-electron chi connectivity index (χ4n) is 3.25. The molecule has 2 aromatic carbocycles. The summed E-state index contributed by atoms with van der Waals surface area (Å²) in [6.07, 6.45) is 0. The molecule has 2 amide bonds. The predicted octanol–water partition coefficient (Wildman–Crippen LogP) is 2.76. The van der Waals surface area contributed by atoms with Crippen LogP contribution in [0.2, 0.25) is 0 Å². The van der Waals surface area contributed by atoms with Gasteiger partial charge in [0.15, 0.2) is 0 Å². The molecule has 10 heteroatoms. The number of fused-ring (bicyclic) bond motifs is 1. The first-order chi connectivity index (χ1) is 14.8. The number of benzene rings is 2. The second-order valence-corrected chi connectivity index (χ2v) is 6.97. The summed E-state index contributed by atoms with van der Waals surface area (Å²) < 4.78 is 28.8. The molecule has 2 aromatic heterocycles. The van der Waals surface area contributed by atoms with Crippen LogP contribution in [0.25, 0.3) is 10.9 Å². The first-order valence-electron chi connectivity index (χ1n) is 9.29. The van der Waals surface area contributed by atoms with E-state index in [1.807, 2.05) is 0 Å². The first kappa shape index (κ1) is 20.3. The van der Waals surface area contributed by atoms with E-state index >= 15 is 0 Å². The molecule has 7 nitrogen and oxygen atoms in total. The van der Waals surface area contributed by atoms with Gasteiger partial charge in [-0.1, -0.05) is 0 Å². The molecule has 0 bridgehead atoms. The molecule has 0 radical (unpaired) electrons. The molecule has 0 fully saturated rings. The van der Waals surface area contributed by atoms with Crippen LogP contribution in [0.3, 0.4) is 0 Å². The van der Waals surface area contributed by atoms with Gasteiger partial charge < -0.3 is 0 Å². The zero-order chi connectivity index (χ0) is 22.1. The summed E-state index contributed by atoms with van der Waals surface area (Å²) in [5, 5.41) is 3.06. The summed E-state index contributed by atoms with van der Waals surface area (Å²) in [6.45, 7) is 2.13. The number of nitrogens with two attached hydrogens (primary N) is 1. The number of rotatable bonds is 5. The van der Waals surface area contributed by atoms with Crippen molar-refractivity contribution in [1.82, 2.24) is 14.3 Å². The van der Waals surface area contributed by atoms with Crippen LogP contribution in [0.5, 0.6) is 0 Å². The number of anilines is 1. The average molecular weight is 419 g/mol. The van der Waals surface area contributed by atoms with Crippen molar-refractivity contribution in [2.45, 2.75) is 13.5 Å². The van der Waals surface area contributed by atoms with E-state index < -0.39 is 17.6 Å². The van der Waals surface area contributed by atoms with Gasteiger partial charge in [-0.25, -0.2) is 0 Å². The van der Waals surface area contributed by atoms with Crippen molar-refractivity contribution >= 4 is 35.7 Å². The zero-order valence-corrected chi connectivity index (χ0v) is 16.4. The zero-order valence-electron chi connectivity index (χ0n) is 16.4. The van der Waals surface area contributed by atoms with E-state index in [1.165, 1.54) is 37.5 Å². The van der Waals surface area contributed by atoms with Gasteiger partial charge in [0.2, 0.25) is 0 Å². The topological polar surface area (TPSA) is 103 Å². The number of halogens is 2. The van der Waals surface area contributed by atoms with Gasteiger partial charge in [0.1, 0.15) is 0 Å². The van der Waals surface area contributed by atoms with Crippen molar-refractivity contribution in [3.63, 3.8) is 0 Å². The van der Waals surface area contributed by atoms with Gasteiger partial charge in [-0.15, -0.1) is 0 Å². The summed E-state index contributed by atoms with van der Waals surface area (Å²) in [5.41, 5.74) is 6.79. The standard InChI is InChI=1S/C21H16BF2N5O2/c1-11-20(28-22-29(11)10-12-3-2-4-13(23)7-12)27-21(31)16-9-18(19(25)30)26-17-8-14(24)5-6-15(16)17/h2-9H,10H2,1H3,(H2,25,30)(H,27,31). The van der Waals surface area contributed by atoms with E-state index in [1.54, 1.807) is 23.5 Å². The van der Waals surface area contributed by atoms with E-state index in [9.17, 15) is 18.4 Å². The molecule has 0 unspecified atom stereocenters. The minimum atomic E-state index is -0.837. The molecular formula is C21H16BF2N5O2. The Hall–Kier alpha value is -3.95. The summed E-state index contributed by atoms with van der Waals surface area (Å²) >= 11 is 0. The van der Waals surface area contributed by atoms with Gasteiger partial charge >= 0.3 is 176 Å². The molecule has 31 heavy (non-hydrogen) atoms. The maximum atomic E-state index is 13.6. The Labute approximate surface area is 176 Å². The molecule has 0 aliphatic carbocycles. The molecule has 0 aliphatic heterocycles. The molecule has 0 spiro atoms. The quantitative estimate of drug-likeness (QED) is 0.519.